The van der Waals surface area contributed by atoms with E-state index in [1.165, 1.54) is 25.2 Å². The highest BCUT2D eigenvalue weighted by atomic mass is 32.2. The minimum atomic E-state index is -3.54. The molecule has 1 aliphatic heterocycles. The van der Waals surface area contributed by atoms with Gasteiger partial charge in [0.25, 0.3) is 5.91 Å². The molecule has 0 atom stereocenters. The molecule has 0 fully saturated rings. The SMILES string of the molecule is CCOC(=O)c1ccc(C(=O)N2CCc3cc(S(=O)(=O)NC)ccc32)nc1C. The lowest BCUT2D eigenvalue weighted by Crippen LogP contribution is -2.30. The molecule has 2 heterocycles. The maximum Gasteiger partial charge on any atom is 0.339 e. The molecular weight excluding hydrogens is 382 g/mol. The van der Waals surface area contributed by atoms with Crippen LogP contribution in [0.5, 0.6) is 0 Å². The zero-order valence-electron chi connectivity index (χ0n) is 15.9. The van der Waals surface area contributed by atoms with Crippen molar-refractivity contribution in [2.45, 2.75) is 25.2 Å². The van der Waals surface area contributed by atoms with E-state index in [2.05, 4.69) is 9.71 Å². The molecule has 1 N–H and O–H groups in total. The van der Waals surface area contributed by atoms with E-state index >= 15 is 0 Å². The summed E-state index contributed by atoms with van der Waals surface area (Å²) in [6, 6.07) is 7.71. The third kappa shape index (κ3) is 3.63. The highest BCUT2D eigenvalue weighted by Crippen LogP contribution is 2.31. The van der Waals surface area contributed by atoms with Crippen LogP contribution in [0.1, 0.15) is 39.0 Å². The number of fused-ring (bicyclic) bond motifs is 1. The van der Waals surface area contributed by atoms with Gasteiger partial charge in [0.15, 0.2) is 0 Å². The fraction of sp³-hybridized carbons (Fsp3) is 0.316. The molecule has 0 saturated carbocycles. The summed E-state index contributed by atoms with van der Waals surface area (Å²) in [7, 11) is -2.19. The number of ether oxygens (including phenoxy) is 1. The molecule has 1 aromatic heterocycles. The van der Waals surface area contributed by atoms with Crippen LogP contribution in [0.15, 0.2) is 35.2 Å². The molecule has 9 heteroatoms. The van der Waals surface area contributed by atoms with Crippen LogP contribution in [-0.4, -0.2) is 45.5 Å². The van der Waals surface area contributed by atoms with Crippen molar-refractivity contribution in [2.75, 3.05) is 25.1 Å². The number of hydrogen-bond donors (Lipinski definition) is 1. The number of aromatic nitrogens is 1. The first kappa shape index (κ1) is 20.0. The smallest absolute Gasteiger partial charge is 0.339 e. The Morgan fingerprint density at radius 1 is 1.25 bits per heavy atom. The average molecular weight is 403 g/mol. The lowest BCUT2D eigenvalue weighted by atomic mass is 10.1. The minimum Gasteiger partial charge on any atom is -0.462 e. The van der Waals surface area contributed by atoms with Crippen molar-refractivity contribution in [1.29, 1.82) is 0 Å². The number of anilines is 1. The van der Waals surface area contributed by atoms with Gasteiger partial charge in [-0.05, 0) is 63.2 Å². The Bertz CT molecular complexity index is 1050. The van der Waals surface area contributed by atoms with Crippen LogP contribution in [-0.2, 0) is 21.2 Å². The van der Waals surface area contributed by atoms with Crippen LogP contribution in [0.25, 0.3) is 0 Å². The van der Waals surface area contributed by atoms with E-state index < -0.39 is 16.0 Å². The molecule has 3 rings (SSSR count). The molecule has 1 aromatic carbocycles. The standard InChI is InChI=1S/C19H21N3O5S/c1-4-27-19(24)15-6-7-16(21-12(15)2)18(23)22-10-9-13-11-14(5-8-17(13)22)28(25,26)20-3/h5-8,11,20H,4,9-10H2,1-3H3. The Hall–Kier alpha value is -2.78. The second-order valence-electron chi connectivity index (χ2n) is 6.25. The maximum atomic E-state index is 12.9. The number of nitrogens with zero attached hydrogens (tertiary/aromatic N) is 2. The van der Waals surface area contributed by atoms with E-state index in [0.717, 1.165) is 5.56 Å². The summed E-state index contributed by atoms with van der Waals surface area (Å²) in [5.41, 5.74) is 2.39. The quantitative estimate of drug-likeness (QED) is 0.762. The first-order valence-electron chi connectivity index (χ1n) is 8.81. The Kier molecular flexibility index (Phi) is 5.48. The van der Waals surface area contributed by atoms with Crippen molar-refractivity contribution >= 4 is 27.6 Å². The van der Waals surface area contributed by atoms with Crippen LogP contribution in [0.4, 0.5) is 5.69 Å². The van der Waals surface area contributed by atoms with E-state index in [-0.39, 0.29) is 23.1 Å². The number of aryl methyl sites for hydroxylation is 1. The molecule has 8 nitrogen and oxygen atoms in total. The highest BCUT2D eigenvalue weighted by molar-refractivity contribution is 7.89. The summed E-state index contributed by atoms with van der Waals surface area (Å²) in [4.78, 5) is 30.8. The number of carbonyl (C=O) groups is 2. The highest BCUT2D eigenvalue weighted by Gasteiger charge is 2.28. The van der Waals surface area contributed by atoms with Gasteiger partial charge in [0.1, 0.15) is 5.69 Å². The number of hydrogen-bond acceptors (Lipinski definition) is 6. The van der Waals surface area contributed by atoms with Gasteiger partial charge in [-0.15, -0.1) is 0 Å². The summed E-state index contributed by atoms with van der Waals surface area (Å²) in [6.07, 6.45) is 0.550. The van der Waals surface area contributed by atoms with Gasteiger partial charge in [0.2, 0.25) is 10.0 Å². The summed E-state index contributed by atoms with van der Waals surface area (Å²) in [5, 5.41) is 0. The van der Waals surface area contributed by atoms with E-state index in [0.29, 0.717) is 29.9 Å². The van der Waals surface area contributed by atoms with Crippen LogP contribution in [0.2, 0.25) is 0 Å². The van der Waals surface area contributed by atoms with Gasteiger partial charge in [-0.25, -0.2) is 22.9 Å². The molecule has 0 saturated heterocycles. The summed E-state index contributed by atoms with van der Waals surface area (Å²) < 4.78 is 31.2. The Morgan fingerprint density at radius 2 is 2.00 bits per heavy atom. The lowest BCUT2D eigenvalue weighted by molar-refractivity contribution is 0.0524. The van der Waals surface area contributed by atoms with Gasteiger partial charge < -0.3 is 9.64 Å². The number of rotatable bonds is 5. The van der Waals surface area contributed by atoms with Crippen LogP contribution < -0.4 is 9.62 Å². The average Bonchev–Trinajstić information content (AvgIpc) is 3.10. The Labute approximate surface area is 163 Å². The van der Waals surface area contributed by atoms with Crippen molar-refractivity contribution in [3.8, 4) is 0 Å². The normalized spacial score (nSPS) is 13.3. The number of sulfonamides is 1. The van der Waals surface area contributed by atoms with Crippen LogP contribution in [0, 0.1) is 6.92 Å². The van der Waals surface area contributed by atoms with E-state index in [9.17, 15) is 18.0 Å². The molecule has 2 aromatic rings. The maximum absolute atomic E-state index is 12.9. The van der Waals surface area contributed by atoms with Crippen molar-refractivity contribution in [3.05, 3.63) is 52.8 Å². The number of benzene rings is 1. The molecule has 0 aliphatic carbocycles. The monoisotopic (exact) mass is 403 g/mol. The predicted molar refractivity (Wildman–Crippen MR) is 103 cm³/mol. The van der Waals surface area contributed by atoms with Crippen molar-refractivity contribution in [2.24, 2.45) is 0 Å². The van der Waals surface area contributed by atoms with Gasteiger partial charge in [0, 0.05) is 12.2 Å². The molecule has 28 heavy (non-hydrogen) atoms. The van der Waals surface area contributed by atoms with Gasteiger partial charge >= 0.3 is 5.97 Å². The van der Waals surface area contributed by atoms with E-state index in [1.807, 2.05) is 0 Å². The van der Waals surface area contributed by atoms with Crippen LogP contribution >= 0.6 is 0 Å². The number of esters is 1. The first-order valence-corrected chi connectivity index (χ1v) is 10.3. The lowest BCUT2D eigenvalue weighted by Gasteiger charge is -2.18. The third-order valence-corrected chi connectivity index (χ3v) is 5.98. The number of nitrogens with one attached hydrogen (secondary N) is 1. The predicted octanol–water partition coefficient (Wildman–Crippen LogP) is 1.68. The van der Waals surface area contributed by atoms with E-state index in [4.69, 9.17) is 4.74 Å². The summed E-state index contributed by atoms with van der Waals surface area (Å²) >= 11 is 0. The fourth-order valence-electron chi connectivity index (χ4n) is 3.12. The van der Waals surface area contributed by atoms with Crippen molar-refractivity contribution < 1.29 is 22.7 Å². The molecular formula is C19H21N3O5S. The Balaban J connectivity index is 1.88. The minimum absolute atomic E-state index is 0.163. The topological polar surface area (TPSA) is 106 Å². The number of pyridine rings is 1. The molecule has 1 aliphatic rings. The number of carbonyl (C=O) groups excluding carboxylic acids is 2. The molecule has 0 unspecified atom stereocenters. The summed E-state index contributed by atoms with van der Waals surface area (Å²) in [6.45, 7) is 4.05. The molecule has 0 spiro atoms. The number of amides is 1. The first-order chi connectivity index (χ1) is 13.3. The third-order valence-electron chi connectivity index (χ3n) is 4.57. The molecule has 1 amide bonds. The van der Waals surface area contributed by atoms with Gasteiger partial charge in [-0.3, -0.25) is 4.79 Å². The van der Waals surface area contributed by atoms with Crippen molar-refractivity contribution in [3.63, 3.8) is 0 Å². The molecule has 0 radical (unpaired) electrons. The Morgan fingerprint density at radius 3 is 2.64 bits per heavy atom. The fourth-order valence-corrected chi connectivity index (χ4v) is 3.90. The second kappa shape index (κ2) is 7.69. The zero-order chi connectivity index (χ0) is 20.5. The van der Waals surface area contributed by atoms with E-state index in [1.54, 1.807) is 30.9 Å². The van der Waals surface area contributed by atoms with Crippen molar-refractivity contribution in [1.82, 2.24) is 9.71 Å². The largest absolute Gasteiger partial charge is 0.462 e. The summed E-state index contributed by atoms with van der Waals surface area (Å²) in [5.74, 6) is -0.780. The van der Waals surface area contributed by atoms with Crippen LogP contribution in [0.3, 0.4) is 0 Å². The second-order valence-corrected chi connectivity index (χ2v) is 8.14. The van der Waals surface area contributed by atoms with Gasteiger partial charge in [-0.1, -0.05) is 0 Å². The zero-order valence-corrected chi connectivity index (χ0v) is 16.7. The van der Waals surface area contributed by atoms with Gasteiger partial charge in [0.05, 0.1) is 22.8 Å². The van der Waals surface area contributed by atoms with Gasteiger partial charge in [-0.2, -0.15) is 0 Å². The molecule has 148 valence electrons. The molecule has 0 bridgehead atoms.